The van der Waals surface area contributed by atoms with Crippen LogP contribution in [0.5, 0.6) is 17.2 Å². The Balaban J connectivity index is 1.42. The van der Waals surface area contributed by atoms with Crippen molar-refractivity contribution in [1.29, 1.82) is 0 Å². The van der Waals surface area contributed by atoms with Crippen molar-refractivity contribution in [3.05, 3.63) is 53.6 Å². The molecule has 0 unspecified atom stereocenters. The maximum absolute atomic E-state index is 12.0. The second-order valence-electron chi connectivity index (χ2n) is 6.12. The van der Waals surface area contributed by atoms with E-state index in [0.29, 0.717) is 17.2 Å². The molecule has 27 heavy (non-hydrogen) atoms. The van der Waals surface area contributed by atoms with E-state index in [1.54, 1.807) is 12.1 Å². The van der Waals surface area contributed by atoms with E-state index in [2.05, 4.69) is 5.32 Å². The van der Waals surface area contributed by atoms with Crippen LogP contribution in [0.2, 0.25) is 0 Å². The van der Waals surface area contributed by atoms with Crippen LogP contribution in [0.4, 0.5) is 0 Å². The molecule has 3 rings (SSSR count). The summed E-state index contributed by atoms with van der Waals surface area (Å²) in [5.74, 6) is 0.928. The lowest BCUT2D eigenvalue weighted by Gasteiger charge is -2.15. The molecule has 0 radical (unpaired) electrons. The van der Waals surface area contributed by atoms with Gasteiger partial charge in [-0.2, -0.15) is 0 Å². The Morgan fingerprint density at radius 2 is 1.89 bits per heavy atom. The lowest BCUT2D eigenvalue weighted by molar-refractivity contribution is -0.150. The van der Waals surface area contributed by atoms with Crippen molar-refractivity contribution in [2.45, 2.75) is 19.9 Å². The number of fused-ring (bicyclic) bond motifs is 1. The molecule has 0 spiro atoms. The Morgan fingerprint density at radius 1 is 1.11 bits per heavy atom. The number of aryl methyl sites for hydroxylation is 1. The predicted molar refractivity (Wildman–Crippen MR) is 96.8 cm³/mol. The van der Waals surface area contributed by atoms with Crippen LogP contribution in [-0.2, 0) is 14.3 Å². The first-order valence-corrected chi connectivity index (χ1v) is 8.56. The zero-order valence-electron chi connectivity index (χ0n) is 15.2. The summed E-state index contributed by atoms with van der Waals surface area (Å²) < 4.78 is 20.9. The second-order valence-corrected chi connectivity index (χ2v) is 6.12. The van der Waals surface area contributed by atoms with Gasteiger partial charge < -0.3 is 24.3 Å². The Morgan fingerprint density at radius 3 is 2.70 bits per heavy atom. The molecule has 1 aliphatic heterocycles. The molecule has 7 heteroatoms. The number of esters is 1. The average Bonchev–Trinajstić information content (AvgIpc) is 3.13. The van der Waals surface area contributed by atoms with Gasteiger partial charge in [0.1, 0.15) is 5.75 Å². The van der Waals surface area contributed by atoms with Gasteiger partial charge in [0, 0.05) is 0 Å². The quantitative estimate of drug-likeness (QED) is 0.753. The summed E-state index contributed by atoms with van der Waals surface area (Å²) in [6.07, 6.45) is 0. The number of hydrogen-bond acceptors (Lipinski definition) is 6. The molecule has 0 bridgehead atoms. The van der Waals surface area contributed by atoms with E-state index in [9.17, 15) is 9.59 Å². The van der Waals surface area contributed by atoms with Crippen LogP contribution in [0.1, 0.15) is 24.1 Å². The van der Waals surface area contributed by atoms with Crippen LogP contribution in [0.25, 0.3) is 0 Å². The van der Waals surface area contributed by atoms with Crippen molar-refractivity contribution in [3.63, 3.8) is 0 Å². The van der Waals surface area contributed by atoms with Gasteiger partial charge in [0.2, 0.25) is 6.79 Å². The fourth-order valence-corrected chi connectivity index (χ4v) is 2.59. The highest BCUT2D eigenvalue weighted by molar-refractivity contribution is 5.81. The van der Waals surface area contributed by atoms with Gasteiger partial charge in [-0.3, -0.25) is 4.79 Å². The molecule has 1 N–H and O–H groups in total. The molecular weight excluding hydrogens is 350 g/mol. The van der Waals surface area contributed by atoms with Gasteiger partial charge in [-0.25, -0.2) is 4.79 Å². The monoisotopic (exact) mass is 371 g/mol. The predicted octanol–water partition coefficient (Wildman–Crippen LogP) is 2.52. The molecule has 1 atom stereocenters. The topological polar surface area (TPSA) is 83.1 Å². The smallest absolute Gasteiger partial charge is 0.344 e. The van der Waals surface area contributed by atoms with Gasteiger partial charge in [-0.15, -0.1) is 0 Å². The fraction of sp³-hybridized carbons (Fsp3) is 0.300. The molecule has 0 aliphatic carbocycles. The van der Waals surface area contributed by atoms with E-state index in [1.165, 1.54) is 0 Å². The number of amides is 1. The molecule has 2 aromatic carbocycles. The van der Waals surface area contributed by atoms with Crippen molar-refractivity contribution in [1.82, 2.24) is 5.32 Å². The molecule has 0 fully saturated rings. The van der Waals surface area contributed by atoms with Gasteiger partial charge in [0.05, 0.1) is 6.04 Å². The van der Waals surface area contributed by atoms with Crippen molar-refractivity contribution in [2.24, 2.45) is 0 Å². The molecule has 1 aliphatic rings. The molecule has 142 valence electrons. The molecule has 2 aromatic rings. The normalized spacial score (nSPS) is 13.0. The fourth-order valence-electron chi connectivity index (χ4n) is 2.59. The third kappa shape index (κ3) is 4.91. The molecular formula is C20H21NO6. The molecule has 0 saturated heterocycles. The number of carbonyl (C=O) groups is 2. The van der Waals surface area contributed by atoms with E-state index >= 15 is 0 Å². The van der Waals surface area contributed by atoms with Crippen LogP contribution >= 0.6 is 0 Å². The minimum absolute atomic E-state index is 0.194. The van der Waals surface area contributed by atoms with E-state index < -0.39 is 11.9 Å². The highest BCUT2D eigenvalue weighted by Crippen LogP contribution is 2.34. The van der Waals surface area contributed by atoms with Crippen LogP contribution in [-0.4, -0.2) is 31.9 Å². The number of benzene rings is 2. The van der Waals surface area contributed by atoms with Crippen molar-refractivity contribution in [3.8, 4) is 17.2 Å². The SMILES string of the molecule is Cc1ccccc1OCC(=O)OCC(=O)N[C@H](C)c1ccc2c(c1)OCO2. The van der Waals surface area contributed by atoms with Crippen LogP contribution in [0.15, 0.2) is 42.5 Å². The highest BCUT2D eigenvalue weighted by atomic mass is 16.7. The number of ether oxygens (including phenoxy) is 4. The summed E-state index contributed by atoms with van der Waals surface area (Å²) in [7, 11) is 0. The van der Waals surface area contributed by atoms with Crippen LogP contribution < -0.4 is 19.5 Å². The summed E-state index contributed by atoms with van der Waals surface area (Å²) >= 11 is 0. The first-order valence-electron chi connectivity index (χ1n) is 8.56. The van der Waals surface area contributed by atoms with E-state index in [0.717, 1.165) is 11.1 Å². The van der Waals surface area contributed by atoms with Crippen molar-refractivity contribution >= 4 is 11.9 Å². The zero-order chi connectivity index (χ0) is 19.2. The average molecular weight is 371 g/mol. The minimum Gasteiger partial charge on any atom is -0.482 e. The van der Waals surface area contributed by atoms with Crippen LogP contribution in [0.3, 0.4) is 0 Å². The van der Waals surface area contributed by atoms with E-state index in [1.807, 2.05) is 44.2 Å². The van der Waals surface area contributed by atoms with Gasteiger partial charge in [-0.05, 0) is 43.2 Å². The maximum Gasteiger partial charge on any atom is 0.344 e. The summed E-state index contributed by atoms with van der Waals surface area (Å²) in [6.45, 7) is 3.28. The minimum atomic E-state index is -0.607. The highest BCUT2D eigenvalue weighted by Gasteiger charge is 2.17. The molecule has 1 amide bonds. The van der Waals surface area contributed by atoms with Crippen molar-refractivity contribution < 1.29 is 28.5 Å². The van der Waals surface area contributed by atoms with Crippen molar-refractivity contribution in [2.75, 3.05) is 20.0 Å². The summed E-state index contributed by atoms with van der Waals surface area (Å²) in [6, 6.07) is 12.5. The standard InChI is InChI=1S/C20H21NO6/c1-13-5-3-4-6-16(13)24-11-20(23)25-10-19(22)21-14(2)15-7-8-17-18(9-15)27-12-26-17/h3-9,14H,10-12H2,1-2H3,(H,21,22)/t14-/m1/s1. The Kier molecular flexibility index (Phi) is 5.80. The molecule has 0 saturated carbocycles. The third-order valence-electron chi connectivity index (χ3n) is 4.08. The lowest BCUT2D eigenvalue weighted by Crippen LogP contribution is -2.32. The van der Waals surface area contributed by atoms with Gasteiger partial charge in [0.25, 0.3) is 5.91 Å². The number of rotatable bonds is 7. The van der Waals surface area contributed by atoms with Gasteiger partial charge in [-0.1, -0.05) is 24.3 Å². The second kappa shape index (κ2) is 8.44. The molecule has 0 aromatic heterocycles. The summed E-state index contributed by atoms with van der Waals surface area (Å²) in [5, 5.41) is 2.77. The number of para-hydroxylation sites is 1. The maximum atomic E-state index is 12.0. The first-order chi connectivity index (χ1) is 13.0. The summed E-state index contributed by atoms with van der Waals surface area (Å²) in [5.41, 5.74) is 1.78. The number of hydrogen-bond donors (Lipinski definition) is 1. The van der Waals surface area contributed by atoms with Crippen LogP contribution in [0, 0.1) is 6.92 Å². The van der Waals surface area contributed by atoms with E-state index in [-0.39, 0.29) is 26.0 Å². The summed E-state index contributed by atoms with van der Waals surface area (Å²) in [4.78, 5) is 23.8. The Bertz CT molecular complexity index is 835. The zero-order valence-corrected chi connectivity index (χ0v) is 15.2. The number of carbonyl (C=O) groups excluding carboxylic acids is 2. The lowest BCUT2D eigenvalue weighted by atomic mass is 10.1. The molecule has 1 heterocycles. The number of nitrogens with one attached hydrogen (secondary N) is 1. The van der Waals surface area contributed by atoms with Gasteiger partial charge >= 0.3 is 5.97 Å². The van der Waals surface area contributed by atoms with Gasteiger partial charge in [0.15, 0.2) is 24.7 Å². The Labute approximate surface area is 157 Å². The Hall–Kier alpha value is -3.22. The molecule has 7 nitrogen and oxygen atoms in total. The van der Waals surface area contributed by atoms with E-state index in [4.69, 9.17) is 18.9 Å². The first kappa shape index (κ1) is 18.6. The largest absolute Gasteiger partial charge is 0.482 e. The third-order valence-corrected chi connectivity index (χ3v) is 4.08.